The molecular formula is C18H19F2N3O3S. The van der Waals surface area contributed by atoms with Crippen molar-refractivity contribution in [2.45, 2.75) is 19.1 Å². The van der Waals surface area contributed by atoms with Crippen LogP contribution in [-0.2, 0) is 22.2 Å². The Kier molecular flexibility index (Phi) is 4.81. The molecule has 1 aliphatic heterocycles. The molecule has 2 N–H and O–H groups in total. The van der Waals surface area contributed by atoms with Crippen LogP contribution in [0.4, 0.5) is 8.78 Å². The summed E-state index contributed by atoms with van der Waals surface area (Å²) in [5.41, 5.74) is -0.604. The number of guanidine groups is 1. The second kappa shape index (κ2) is 6.80. The van der Waals surface area contributed by atoms with E-state index in [9.17, 15) is 17.2 Å². The third kappa shape index (κ3) is 3.87. The van der Waals surface area contributed by atoms with Gasteiger partial charge in [-0.3, -0.25) is 5.41 Å². The van der Waals surface area contributed by atoms with Crippen molar-refractivity contribution in [2.24, 2.45) is 0 Å². The van der Waals surface area contributed by atoms with Crippen molar-refractivity contribution in [1.29, 1.82) is 5.41 Å². The maximum absolute atomic E-state index is 14.5. The topological polar surface area (TPSA) is 82.5 Å². The second-order valence-electron chi connectivity index (χ2n) is 6.59. The predicted molar refractivity (Wildman–Crippen MR) is 96.9 cm³/mol. The minimum Gasteiger partial charge on any atom is -0.489 e. The van der Waals surface area contributed by atoms with Crippen LogP contribution in [0.1, 0.15) is 18.1 Å². The third-order valence-corrected chi connectivity index (χ3v) is 6.38. The average Bonchev–Trinajstić information content (AvgIpc) is 2.58. The quantitative estimate of drug-likeness (QED) is 0.834. The van der Waals surface area contributed by atoms with Gasteiger partial charge in [-0.1, -0.05) is 12.1 Å². The summed E-state index contributed by atoms with van der Waals surface area (Å²) >= 11 is 0. The van der Waals surface area contributed by atoms with E-state index in [1.165, 1.54) is 50.4 Å². The summed E-state index contributed by atoms with van der Waals surface area (Å²) in [6, 6.07) is 9.87. The van der Waals surface area contributed by atoms with Crippen LogP contribution in [0.15, 0.2) is 42.5 Å². The monoisotopic (exact) mass is 395 g/mol. The Hall–Kier alpha value is -2.68. The van der Waals surface area contributed by atoms with E-state index in [0.29, 0.717) is 11.3 Å². The van der Waals surface area contributed by atoms with Crippen molar-refractivity contribution in [3.05, 3.63) is 65.2 Å². The zero-order valence-electron chi connectivity index (χ0n) is 14.8. The third-order valence-electron chi connectivity index (χ3n) is 4.42. The Bertz CT molecular complexity index is 997. The Labute approximate surface area is 156 Å². The van der Waals surface area contributed by atoms with Gasteiger partial charge in [-0.05, 0) is 36.8 Å². The highest BCUT2D eigenvalue weighted by molar-refractivity contribution is 7.89. The number of hydrogen-bond donors (Lipinski definition) is 2. The van der Waals surface area contributed by atoms with Gasteiger partial charge in [-0.15, -0.1) is 0 Å². The van der Waals surface area contributed by atoms with Gasteiger partial charge in [0.25, 0.3) is 0 Å². The van der Waals surface area contributed by atoms with E-state index < -0.39 is 32.9 Å². The van der Waals surface area contributed by atoms with Gasteiger partial charge in [0.15, 0.2) is 0 Å². The molecule has 144 valence electrons. The van der Waals surface area contributed by atoms with E-state index in [2.05, 4.69) is 5.32 Å². The van der Waals surface area contributed by atoms with Crippen molar-refractivity contribution in [3.63, 3.8) is 0 Å². The molecule has 1 aliphatic rings. The minimum absolute atomic E-state index is 0.0525. The average molecular weight is 395 g/mol. The molecule has 1 fully saturated rings. The number of halogens is 2. The first-order chi connectivity index (χ1) is 12.6. The molecule has 0 bridgehead atoms. The van der Waals surface area contributed by atoms with Crippen molar-refractivity contribution >= 4 is 16.0 Å². The Morgan fingerprint density at radius 2 is 2.00 bits per heavy atom. The summed E-state index contributed by atoms with van der Waals surface area (Å²) in [6.07, 6.45) is 0. The highest BCUT2D eigenvalue weighted by atomic mass is 32.2. The molecule has 1 atom stereocenters. The van der Waals surface area contributed by atoms with E-state index in [4.69, 9.17) is 10.1 Å². The highest BCUT2D eigenvalue weighted by Crippen LogP contribution is 2.30. The normalized spacial score (nSPS) is 21.6. The number of nitrogens with zero attached hydrogens (tertiary/aromatic N) is 1. The number of nitrogens with one attached hydrogen (secondary N) is 2. The molecule has 0 aromatic heterocycles. The fraction of sp³-hybridized carbons (Fsp3) is 0.278. The van der Waals surface area contributed by atoms with Crippen LogP contribution in [0.25, 0.3) is 0 Å². The highest BCUT2D eigenvalue weighted by Gasteiger charge is 2.43. The van der Waals surface area contributed by atoms with Gasteiger partial charge in [-0.2, -0.15) is 0 Å². The fourth-order valence-electron chi connectivity index (χ4n) is 2.93. The smallest absolute Gasteiger partial charge is 0.239 e. The van der Waals surface area contributed by atoms with Gasteiger partial charge in [0.05, 0.1) is 11.3 Å². The first-order valence-corrected chi connectivity index (χ1v) is 9.72. The molecule has 0 radical (unpaired) electrons. The number of hydrogen-bond acceptors (Lipinski definition) is 4. The Morgan fingerprint density at radius 3 is 2.67 bits per heavy atom. The van der Waals surface area contributed by atoms with E-state index in [1.54, 1.807) is 6.07 Å². The van der Waals surface area contributed by atoms with Crippen molar-refractivity contribution in [3.8, 4) is 5.75 Å². The summed E-state index contributed by atoms with van der Waals surface area (Å²) in [5, 5.41) is 10.6. The molecule has 0 amide bonds. The molecule has 6 nitrogen and oxygen atoms in total. The van der Waals surface area contributed by atoms with Crippen LogP contribution < -0.4 is 10.1 Å². The fourth-order valence-corrected chi connectivity index (χ4v) is 4.41. The largest absolute Gasteiger partial charge is 0.489 e. The predicted octanol–water partition coefficient (Wildman–Crippen LogP) is 2.56. The molecule has 2 aromatic rings. The first-order valence-electron chi connectivity index (χ1n) is 8.11. The molecule has 0 spiro atoms. The molecule has 9 heteroatoms. The SMILES string of the molecule is CN1C(=N)N[C@](C)(c2cc(COc3cccc(F)c3)ccc2F)CS1(=O)=O. The van der Waals surface area contributed by atoms with Crippen molar-refractivity contribution in [1.82, 2.24) is 9.62 Å². The summed E-state index contributed by atoms with van der Waals surface area (Å²) in [6.45, 7) is 1.58. The zero-order chi connectivity index (χ0) is 19.8. The first kappa shape index (κ1) is 19.1. The number of rotatable bonds is 4. The van der Waals surface area contributed by atoms with Gasteiger partial charge in [0.2, 0.25) is 16.0 Å². The Balaban J connectivity index is 1.88. The van der Waals surface area contributed by atoms with Crippen LogP contribution in [0, 0.1) is 17.0 Å². The van der Waals surface area contributed by atoms with Crippen LogP contribution in [0.5, 0.6) is 5.75 Å². The van der Waals surface area contributed by atoms with E-state index >= 15 is 0 Å². The minimum atomic E-state index is -3.75. The summed E-state index contributed by atoms with van der Waals surface area (Å²) in [4.78, 5) is 0. The van der Waals surface area contributed by atoms with E-state index in [0.717, 1.165) is 4.31 Å². The van der Waals surface area contributed by atoms with E-state index in [-0.39, 0.29) is 18.1 Å². The second-order valence-corrected chi connectivity index (χ2v) is 8.59. The van der Waals surface area contributed by atoms with Crippen LogP contribution in [-0.4, -0.2) is 31.5 Å². The lowest BCUT2D eigenvalue weighted by Crippen LogP contribution is -2.61. The zero-order valence-corrected chi connectivity index (χ0v) is 15.6. The molecule has 0 aliphatic carbocycles. The molecule has 2 aromatic carbocycles. The van der Waals surface area contributed by atoms with Crippen molar-refractivity contribution < 1.29 is 21.9 Å². The summed E-state index contributed by atoms with van der Waals surface area (Å²) < 4.78 is 58.6. The van der Waals surface area contributed by atoms with Crippen LogP contribution in [0.2, 0.25) is 0 Å². The Morgan fingerprint density at radius 1 is 1.26 bits per heavy atom. The molecule has 0 saturated carbocycles. The molecular weight excluding hydrogens is 376 g/mol. The summed E-state index contributed by atoms with van der Waals surface area (Å²) in [5.74, 6) is -1.42. The maximum atomic E-state index is 14.5. The van der Waals surface area contributed by atoms with Gasteiger partial charge in [0.1, 0.15) is 24.0 Å². The lowest BCUT2D eigenvalue weighted by Gasteiger charge is -2.40. The molecule has 1 saturated heterocycles. The standard InChI is InChI=1S/C18H19F2N3O3S/c1-18(11-27(24,25)23(2)17(21)22-18)15-8-12(6-7-16(15)20)10-26-14-5-3-4-13(19)9-14/h3-9H,10-11H2,1-2H3,(H2,21,22)/t18-/m0/s1. The van der Waals surface area contributed by atoms with Gasteiger partial charge in [0, 0.05) is 18.7 Å². The van der Waals surface area contributed by atoms with Crippen molar-refractivity contribution in [2.75, 3.05) is 12.8 Å². The van der Waals surface area contributed by atoms with Crippen LogP contribution >= 0.6 is 0 Å². The number of ether oxygens (including phenoxy) is 1. The molecule has 3 rings (SSSR count). The number of benzene rings is 2. The van der Waals surface area contributed by atoms with Gasteiger partial charge in [-0.25, -0.2) is 21.5 Å². The lowest BCUT2D eigenvalue weighted by molar-refractivity contribution is 0.303. The molecule has 27 heavy (non-hydrogen) atoms. The maximum Gasteiger partial charge on any atom is 0.239 e. The molecule has 1 heterocycles. The lowest BCUT2D eigenvalue weighted by atomic mass is 9.92. The molecule has 0 unspecified atom stereocenters. The number of sulfonamides is 1. The van der Waals surface area contributed by atoms with Crippen LogP contribution in [0.3, 0.4) is 0 Å². The van der Waals surface area contributed by atoms with Gasteiger partial charge < -0.3 is 10.1 Å². The summed E-state index contributed by atoms with van der Waals surface area (Å²) in [7, 11) is -2.48. The van der Waals surface area contributed by atoms with E-state index in [1.807, 2.05) is 0 Å². The van der Waals surface area contributed by atoms with Gasteiger partial charge >= 0.3 is 0 Å².